The highest BCUT2D eigenvalue weighted by atomic mass is 35.5. The Morgan fingerprint density at radius 3 is 2.95 bits per heavy atom. The Morgan fingerprint density at radius 1 is 1.32 bits per heavy atom. The fourth-order valence-electron chi connectivity index (χ4n) is 2.42. The molecule has 100 valence electrons. The smallest absolute Gasteiger partial charge is 0.227 e. The van der Waals surface area contributed by atoms with Crippen molar-refractivity contribution in [2.75, 3.05) is 13.1 Å². The van der Waals surface area contributed by atoms with Gasteiger partial charge < -0.3 is 9.84 Å². The molecule has 1 aromatic carbocycles. The van der Waals surface area contributed by atoms with Crippen molar-refractivity contribution in [2.24, 2.45) is 5.92 Å². The summed E-state index contributed by atoms with van der Waals surface area (Å²) in [4.78, 5) is 4.46. The molecule has 5 heteroatoms. The topological polar surface area (TPSA) is 51.0 Å². The number of piperidine rings is 1. The molecule has 0 spiro atoms. The zero-order chi connectivity index (χ0) is 13.1. The molecule has 0 bridgehead atoms. The number of hydrogen-bond donors (Lipinski definition) is 1. The highest BCUT2D eigenvalue weighted by Gasteiger charge is 2.17. The molecule has 0 radical (unpaired) electrons. The lowest BCUT2D eigenvalue weighted by atomic mass is 9.95. The number of benzene rings is 1. The van der Waals surface area contributed by atoms with Crippen LogP contribution in [0, 0.1) is 5.92 Å². The predicted octanol–water partition coefficient (Wildman–Crippen LogP) is 2.93. The summed E-state index contributed by atoms with van der Waals surface area (Å²) in [5.74, 6) is 1.99. The molecule has 1 fully saturated rings. The van der Waals surface area contributed by atoms with Gasteiger partial charge in [0, 0.05) is 17.0 Å². The predicted molar refractivity (Wildman–Crippen MR) is 74.0 cm³/mol. The van der Waals surface area contributed by atoms with Crippen LogP contribution in [0.3, 0.4) is 0 Å². The molecule has 0 saturated carbocycles. The van der Waals surface area contributed by atoms with Crippen molar-refractivity contribution in [3.8, 4) is 11.4 Å². The second-order valence-electron chi connectivity index (χ2n) is 4.92. The van der Waals surface area contributed by atoms with E-state index in [2.05, 4.69) is 15.5 Å². The Hall–Kier alpha value is -1.39. The zero-order valence-electron chi connectivity index (χ0n) is 10.6. The molecule has 0 amide bonds. The standard InChI is InChI=1S/C14H16ClN3O/c15-12-3-1-2-11(9-12)14-17-13(19-18-14)8-10-4-6-16-7-5-10/h1-3,9-10,16H,4-8H2. The van der Waals surface area contributed by atoms with Crippen LogP contribution in [-0.2, 0) is 6.42 Å². The Bertz CT molecular complexity index is 549. The minimum Gasteiger partial charge on any atom is -0.339 e. The summed E-state index contributed by atoms with van der Waals surface area (Å²) in [5, 5.41) is 8.07. The van der Waals surface area contributed by atoms with Crippen LogP contribution in [0.2, 0.25) is 5.02 Å². The second-order valence-corrected chi connectivity index (χ2v) is 5.36. The monoisotopic (exact) mass is 277 g/mol. The van der Waals surface area contributed by atoms with Crippen LogP contribution < -0.4 is 5.32 Å². The van der Waals surface area contributed by atoms with E-state index in [9.17, 15) is 0 Å². The first-order valence-corrected chi connectivity index (χ1v) is 6.98. The zero-order valence-corrected chi connectivity index (χ0v) is 11.4. The van der Waals surface area contributed by atoms with Gasteiger partial charge >= 0.3 is 0 Å². The summed E-state index contributed by atoms with van der Waals surface area (Å²) in [5.41, 5.74) is 0.896. The summed E-state index contributed by atoms with van der Waals surface area (Å²) >= 11 is 5.96. The van der Waals surface area contributed by atoms with Crippen LogP contribution in [0.5, 0.6) is 0 Å². The third-order valence-electron chi connectivity index (χ3n) is 3.47. The maximum atomic E-state index is 5.96. The van der Waals surface area contributed by atoms with Crippen LogP contribution in [0.4, 0.5) is 0 Å². The highest BCUT2D eigenvalue weighted by Crippen LogP contribution is 2.22. The first-order chi connectivity index (χ1) is 9.31. The van der Waals surface area contributed by atoms with E-state index in [-0.39, 0.29) is 0 Å². The minimum absolute atomic E-state index is 0.617. The quantitative estimate of drug-likeness (QED) is 0.937. The van der Waals surface area contributed by atoms with Crippen molar-refractivity contribution in [1.29, 1.82) is 0 Å². The Balaban J connectivity index is 1.72. The van der Waals surface area contributed by atoms with Gasteiger partial charge in [-0.15, -0.1) is 0 Å². The largest absolute Gasteiger partial charge is 0.339 e. The molecule has 1 N–H and O–H groups in total. The van der Waals surface area contributed by atoms with Gasteiger partial charge in [0.1, 0.15) is 0 Å². The molecule has 2 aromatic rings. The number of nitrogens with zero attached hydrogens (tertiary/aromatic N) is 2. The van der Waals surface area contributed by atoms with Gasteiger partial charge in [0.2, 0.25) is 11.7 Å². The summed E-state index contributed by atoms with van der Waals surface area (Å²) in [7, 11) is 0. The average Bonchev–Trinajstić information content (AvgIpc) is 2.88. The lowest BCUT2D eigenvalue weighted by molar-refractivity contribution is 0.313. The number of rotatable bonds is 3. The van der Waals surface area contributed by atoms with E-state index >= 15 is 0 Å². The van der Waals surface area contributed by atoms with Crippen LogP contribution in [0.25, 0.3) is 11.4 Å². The Labute approximate surface area is 117 Å². The normalized spacial score (nSPS) is 16.7. The van der Waals surface area contributed by atoms with E-state index in [1.807, 2.05) is 24.3 Å². The van der Waals surface area contributed by atoms with E-state index in [4.69, 9.17) is 16.1 Å². The average molecular weight is 278 g/mol. The van der Waals surface area contributed by atoms with Gasteiger partial charge in [-0.25, -0.2) is 0 Å². The summed E-state index contributed by atoms with van der Waals surface area (Å²) in [6.07, 6.45) is 3.22. The molecule has 3 rings (SSSR count). The molecule has 1 saturated heterocycles. The Morgan fingerprint density at radius 2 is 2.16 bits per heavy atom. The van der Waals surface area contributed by atoms with Crippen molar-refractivity contribution in [2.45, 2.75) is 19.3 Å². The van der Waals surface area contributed by atoms with Crippen LogP contribution in [-0.4, -0.2) is 23.2 Å². The van der Waals surface area contributed by atoms with E-state index in [0.29, 0.717) is 16.8 Å². The third-order valence-corrected chi connectivity index (χ3v) is 3.71. The number of aromatic nitrogens is 2. The highest BCUT2D eigenvalue weighted by molar-refractivity contribution is 6.30. The molecule has 19 heavy (non-hydrogen) atoms. The van der Waals surface area contributed by atoms with Crippen molar-refractivity contribution < 1.29 is 4.52 Å². The van der Waals surface area contributed by atoms with Crippen molar-refractivity contribution >= 4 is 11.6 Å². The fourth-order valence-corrected chi connectivity index (χ4v) is 2.61. The SMILES string of the molecule is Clc1cccc(-c2noc(CC3CCNCC3)n2)c1. The van der Waals surface area contributed by atoms with Crippen molar-refractivity contribution in [3.63, 3.8) is 0 Å². The molecule has 0 unspecified atom stereocenters. The van der Waals surface area contributed by atoms with Gasteiger partial charge in [0.15, 0.2) is 0 Å². The minimum atomic E-state index is 0.617. The van der Waals surface area contributed by atoms with E-state index in [1.54, 1.807) is 0 Å². The van der Waals surface area contributed by atoms with Gasteiger partial charge in [-0.3, -0.25) is 0 Å². The van der Waals surface area contributed by atoms with Gasteiger partial charge in [-0.2, -0.15) is 4.98 Å². The van der Waals surface area contributed by atoms with Gasteiger partial charge in [0.25, 0.3) is 0 Å². The lowest BCUT2D eigenvalue weighted by Gasteiger charge is -2.20. The fraction of sp³-hybridized carbons (Fsp3) is 0.429. The Kier molecular flexibility index (Phi) is 3.80. The molecule has 1 aromatic heterocycles. The third kappa shape index (κ3) is 3.14. The summed E-state index contributed by atoms with van der Waals surface area (Å²) < 4.78 is 5.34. The molecular formula is C14H16ClN3O. The number of nitrogens with one attached hydrogen (secondary N) is 1. The van der Waals surface area contributed by atoms with Crippen LogP contribution in [0.1, 0.15) is 18.7 Å². The summed E-state index contributed by atoms with van der Waals surface area (Å²) in [6, 6.07) is 7.51. The molecule has 0 atom stereocenters. The summed E-state index contributed by atoms with van der Waals surface area (Å²) in [6.45, 7) is 2.17. The second kappa shape index (κ2) is 5.72. The van der Waals surface area contributed by atoms with Crippen LogP contribution in [0.15, 0.2) is 28.8 Å². The van der Waals surface area contributed by atoms with Crippen molar-refractivity contribution in [1.82, 2.24) is 15.5 Å². The maximum absolute atomic E-state index is 5.96. The number of hydrogen-bond acceptors (Lipinski definition) is 4. The molecule has 1 aliphatic rings. The van der Waals surface area contributed by atoms with E-state index in [1.165, 1.54) is 12.8 Å². The molecule has 4 nitrogen and oxygen atoms in total. The van der Waals surface area contributed by atoms with Gasteiger partial charge in [0.05, 0.1) is 0 Å². The van der Waals surface area contributed by atoms with Crippen LogP contribution >= 0.6 is 11.6 Å². The van der Waals surface area contributed by atoms with Gasteiger partial charge in [-0.1, -0.05) is 28.9 Å². The lowest BCUT2D eigenvalue weighted by Crippen LogP contribution is -2.28. The maximum Gasteiger partial charge on any atom is 0.227 e. The van der Waals surface area contributed by atoms with Crippen molar-refractivity contribution in [3.05, 3.63) is 35.2 Å². The first kappa shape index (κ1) is 12.6. The first-order valence-electron chi connectivity index (χ1n) is 6.60. The molecule has 0 aliphatic carbocycles. The van der Waals surface area contributed by atoms with E-state index < -0.39 is 0 Å². The molecule has 1 aliphatic heterocycles. The number of halogens is 1. The van der Waals surface area contributed by atoms with Gasteiger partial charge in [-0.05, 0) is 44.0 Å². The molecule has 2 heterocycles. The van der Waals surface area contributed by atoms with E-state index in [0.717, 1.165) is 31.0 Å². The molecular weight excluding hydrogens is 262 g/mol.